The molecule has 0 spiro atoms. The van der Waals surface area contributed by atoms with Gasteiger partial charge in [-0.2, -0.15) is 5.10 Å². The molecule has 4 aromatic rings. The number of pyridine rings is 2. The van der Waals surface area contributed by atoms with Gasteiger partial charge in [0.2, 0.25) is 5.91 Å². The molecule has 8 nitrogen and oxygen atoms in total. The summed E-state index contributed by atoms with van der Waals surface area (Å²) in [4.78, 5) is 23.1. The molecule has 0 unspecified atom stereocenters. The van der Waals surface area contributed by atoms with Crippen LogP contribution in [0.4, 0.5) is 11.5 Å². The van der Waals surface area contributed by atoms with E-state index in [4.69, 9.17) is 5.73 Å². The Labute approximate surface area is 223 Å². The third-order valence-corrected chi connectivity index (χ3v) is 8.26. The maximum Gasteiger partial charge on any atom is 0.248 e. The smallest absolute Gasteiger partial charge is 0.248 e. The fraction of sp³-hybridized carbons (Fsp3) is 0.400. The second kappa shape index (κ2) is 10.8. The van der Waals surface area contributed by atoms with Crippen molar-refractivity contribution in [1.82, 2.24) is 19.6 Å². The summed E-state index contributed by atoms with van der Waals surface area (Å²) in [7, 11) is 0. The SMILES string of the molecule is NC(=O)c1cccc(-c2ccnc(N[C@@H]3CCCC[C@H]3C[C@H]3CCCN(c4ccc5ncnn5c4)C3)c2)c1. The number of carbonyl (C=O) groups excluding carboxylic acids is 1. The molecule has 6 rings (SSSR count). The van der Waals surface area contributed by atoms with E-state index in [-0.39, 0.29) is 0 Å². The predicted octanol–water partition coefficient (Wildman–Crippen LogP) is 5.17. The Balaban J connectivity index is 1.13. The Kier molecular flexibility index (Phi) is 6.94. The Hall–Kier alpha value is -3.94. The fourth-order valence-electron chi connectivity index (χ4n) is 6.32. The van der Waals surface area contributed by atoms with E-state index in [2.05, 4.69) is 49.7 Å². The van der Waals surface area contributed by atoms with Crippen LogP contribution in [-0.2, 0) is 0 Å². The largest absolute Gasteiger partial charge is 0.370 e. The highest BCUT2D eigenvalue weighted by Crippen LogP contribution is 2.35. The molecule has 1 aliphatic carbocycles. The van der Waals surface area contributed by atoms with E-state index < -0.39 is 5.91 Å². The summed E-state index contributed by atoms with van der Waals surface area (Å²) in [5.74, 6) is 1.80. The molecule has 1 aliphatic heterocycles. The number of benzene rings is 1. The summed E-state index contributed by atoms with van der Waals surface area (Å²) in [6.07, 6.45) is 14.3. The first-order chi connectivity index (χ1) is 18.6. The quantitative estimate of drug-likeness (QED) is 0.357. The van der Waals surface area contributed by atoms with Crippen LogP contribution in [0.25, 0.3) is 16.8 Å². The van der Waals surface area contributed by atoms with Gasteiger partial charge in [-0.1, -0.05) is 25.0 Å². The Morgan fingerprint density at radius 3 is 2.82 bits per heavy atom. The first kappa shape index (κ1) is 24.4. The zero-order valence-electron chi connectivity index (χ0n) is 21.7. The molecule has 3 atom stereocenters. The lowest BCUT2D eigenvalue weighted by Gasteiger charge is -2.39. The summed E-state index contributed by atoms with van der Waals surface area (Å²) in [5, 5.41) is 8.11. The monoisotopic (exact) mass is 509 g/mol. The molecule has 1 amide bonds. The zero-order valence-corrected chi connectivity index (χ0v) is 21.7. The molecule has 1 saturated carbocycles. The Bertz CT molecular complexity index is 1420. The number of piperidine rings is 1. The number of hydrogen-bond acceptors (Lipinski definition) is 6. The molecular weight excluding hydrogens is 474 g/mol. The Morgan fingerprint density at radius 2 is 1.89 bits per heavy atom. The minimum atomic E-state index is -0.412. The van der Waals surface area contributed by atoms with Gasteiger partial charge < -0.3 is 16.0 Å². The third kappa shape index (κ3) is 5.35. The molecule has 0 bridgehead atoms. The highest BCUT2D eigenvalue weighted by atomic mass is 16.1. The lowest BCUT2D eigenvalue weighted by atomic mass is 9.77. The summed E-state index contributed by atoms with van der Waals surface area (Å²) in [6, 6.07) is 16.2. The van der Waals surface area contributed by atoms with Crippen molar-refractivity contribution in [3.63, 3.8) is 0 Å². The number of hydrogen-bond donors (Lipinski definition) is 2. The number of nitrogens with two attached hydrogens (primary N) is 1. The van der Waals surface area contributed by atoms with E-state index in [1.807, 2.05) is 35.0 Å². The number of fused-ring (bicyclic) bond motifs is 1. The van der Waals surface area contributed by atoms with Crippen molar-refractivity contribution in [2.45, 2.75) is 51.0 Å². The molecule has 1 saturated heterocycles. The van der Waals surface area contributed by atoms with Gasteiger partial charge in [-0.3, -0.25) is 4.79 Å². The van der Waals surface area contributed by atoms with Crippen molar-refractivity contribution in [2.24, 2.45) is 17.6 Å². The molecule has 3 N–H and O–H groups in total. The lowest BCUT2D eigenvalue weighted by molar-refractivity contribution is 0.100. The normalized spacial score (nSPS) is 21.9. The first-order valence-corrected chi connectivity index (χ1v) is 13.8. The summed E-state index contributed by atoms with van der Waals surface area (Å²) in [6.45, 7) is 2.18. The maximum absolute atomic E-state index is 11.6. The first-order valence-electron chi connectivity index (χ1n) is 13.8. The maximum atomic E-state index is 11.6. The molecule has 38 heavy (non-hydrogen) atoms. The molecule has 196 valence electrons. The van der Waals surface area contributed by atoms with Crippen LogP contribution in [0, 0.1) is 11.8 Å². The van der Waals surface area contributed by atoms with Gasteiger partial charge in [0.15, 0.2) is 5.65 Å². The van der Waals surface area contributed by atoms with E-state index in [1.54, 1.807) is 12.4 Å². The van der Waals surface area contributed by atoms with Crippen LogP contribution in [0.1, 0.15) is 55.3 Å². The molecular formula is C30H35N7O. The van der Waals surface area contributed by atoms with Crippen molar-refractivity contribution in [3.8, 4) is 11.1 Å². The second-order valence-corrected chi connectivity index (χ2v) is 10.8. The topological polar surface area (TPSA) is 101 Å². The predicted molar refractivity (Wildman–Crippen MR) is 150 cm³/mol. The van der Waals surface area contributed by atoms with Crippen LogP contribution < -0.4 is 16.0 Å². The number of anilines is 2. The molecule has 1 aromatic carbocycles. The van der Waals surface area contributed by atoms with Crippen LogP contribution >= 0.6 is 0 Å². The number of carbonyl (C=O) groups is 1. The van der Waals surface area contributed by atoms with Gasteiger partial charge in [0, 0.05) is 30.9 Å². The minimum Gasteiger partial charge on any atom is -0.370 e. The van der Waals surface area contributed by atoms with E-state index in [0.29, 0.717) is 23.4 Å². The van der Waals surface area contributed by atoms with Crippen molar-refractivity contribution in [2.75, 3.05) is 23.3 Å². The van der Waals surface area contributed by atoms with Crippen molar-refractivity contribution in [1.29, 1.82) is 0 Å². The van der Waals surface area contributed by atoms with E-state index in [0.717, 1.165) is 35.7 Å². The van der Waals surface area contributed by atoms with Crippen LogP contribution in [0.5, 0.6) is 0 Å². The number of amides is 1. The third-order valence-electron chi connectivity index (χ3n) is 8.26. The van der Waals surface area contributed by atoms with Crippen LogP contribution in [0.3, 0.4) is 0 Å². The second-order valence-electron chi connectivity index (χ2n) is 10.8. The Morgan fingerprint density at radius 1 is 1.00 bits per heavy atom. The van der Waals surface area contributed by atoms with Crippen molar-refractivity contribution in [3.05, 3.63) is 72.8 Å². The van der Waals surface area contributed by atoms with Gasteiger partial charge >= 0.3 is 0 Å². The van der Waals surface area contributed by atoms with Crippen LogP contribution in [0.15, 0.2) is 67.3 Å². The van der Waals surface area contributed by atoms with E-state index in [9.17, 15) is 4.79 Å². The zero-order chi connectivity index (χ0) is 25.9. The summed E-state index contributed by atoms with van der Waals surface area (Å²) < 4.78 is 1.87. The summed E-state index contributed by atoms with van der Waals surface area (Å²) >= 11 is 0. The number of nitrogens with one attached hydrogen (secondary N) is 1. The van der Waals surface area contributed by atoms with Gasteiger partial charge in [0.1, 0.15) is 12.1 Å². The number of rotatable bonds is 7. The number of primary amides is 1. The summed E-state index contributed by atoms with van der Waals surface area (Å²) in [5.41, 5.74) is 10.1. The minimum absolute atomic E-state index is 0.412. The number of nitrogens with zero attached hydrogens (tertiary/aromatic N) is 5. The molecule has 0 radical (unpaired) electrons. The van der Waals surface area contributed by atoms with Gasteiger partial charge in [-0.15, -0.1) is 0 Å². The van der Waals surface area contributed by atoms with Gasteiger partial charge in [0.25, 0.3) is 0 Å². The average Bonchev–Trinajstić information content (AvgIpc) is 3.43. The molecule has 2 fully saturated rings. The van der Waals surface area contributed by atoms with Crippen molar-refractivity contribution >= 4 is 23.1 Å². The molecule has 3 aromatic heterocycles. The lowest BCUT2D eigenvalue weighted by Crippen LogP contribution is -2.39. The van der Waals surface area contributed by atoms with Gasteiger partial charge in [-0.05, 0) is 91.5 Å². The highest BCUT2D eigenvalue weighted by molar-refractivity contribution is 5.94. The van der Waals surface area contributed by atoms with Crippen LogP contribution in [-0.4, -0.2) is 44.6 Å². The molecule has 4 heterocycles. The standard InChI is InChI=1S/C30H35N7O/c31-30(38)25-8-3-7-22(16-25)23-12-13-32-28(17-23)35-27-9-2-1-6-24(27)15-21-5-4-14-36(18-21)26-10-11-29-33-20-34-37(29)19-26/h3,7-8,10-13,16-17,19-21,24,27H,1-2,4-6,9,14-15,18H2,(H2,31,38)(H,32,35)/t21-,24+,27-/m1/s1. The molecule has 8 heteroatoms. The fourth-order valence-corrected chi connectivity index (χ4v) is 6.32. The number of aromatic nitrogens is 4. The highest BCUT2D eigenvalue weighted by Gasteiger charge is 2.30. The van der Waals surface area contributed by atoms with Crippen molar-refractivity contribution < 1.29 is 4.79 Å². The van der Waals surface area contributed by atoms with E-state index in [1.165, 1.54) is 50.6 Å². The average molecular weight is 510 g/mol. The van der Waals surface area contributed by atoms with Gasteiger partial charge in [0.05, 0.1) is 11.9 Å². The van der Waals surface area contributed by atoms with Gasteiger partial charge in [-0.25, -0.2) is 14.5 Å². The van der Waals surface area contributed by atoms with Crippen LogP contribution in [0.2, 0.25) is 0 Å². The van der Waals surface area contributed by atoms with E-state index >= 15 is 0 Å². The molecule has 2 aliphatic rings.